The summed E-state index contributed by atoms with van der Waals surface area (Å²) in [5.74, 6) is 1.55. The molecule has 0 saturated carbocycles. The van der Waals surface area contributed by atoms with E-state index in [-0.39, 0.29) is 11.9 Å². The summed E-state index contributed by atoms with van der Waals surface area (Å²) in [6.45, 7) is 4.79. The van der Waals surface area contributed by atoms with E-state index in [0.29, 0.717) is 12.8 Å². The monoisotopic (exact) mass is 291 g/mol. The summed E-state index contributed by atoms with van der Waals surface area (Å²) in [6.07, 6.45) is 5.06. The van der Waals surface area contributed by atoms with Crippen molar-refractivity contribution in [1.29, 1.82) is 0 Å². The van der Waals surface area contributed by atoms with Crippen LogP contribution in [0.3, 0.4) is 0 Å². The number of nitrogens with zero attached hydrogens (tertiary/aromatic N) is 6. The molecule has 21 heavy (non-hydrogen) atoms. The van der Waals surface area contributed by atoms with Crippen LogP contribution in [-0.4, -0.2) is 35.4 Å². The first-order chi connectivity index (χ1) is 10.1. The van der Waals surface area contributed by atoms with Crippen LogP contribution in [0.15, 0.2) is 12.7 Å². The molecule has 0 fully saturated rings. The third-order valence-electron chi connectivity index (χ3n) is 3.23. The Bertz CT molecular complexity index is 589. The maximum Gasteiger partial charge on any atom is 0.221 e. The maximum absolute atomic E-state index is 12.0. The van der Waals surface area contributed by atoms with Crippen molar-refractivity contribution in [3.63, 3.8) is 0 Å². The third kappa shape index (κ3) is 3.87. The fraction of sp³-hybridized carbons (Fsp3) is 0.615. The Morgan fingerprint density at radius 3 is 2.95 bits per heavy atom. The van der Waals surface area contributed by atoms with Crippen LogP contribution in [0.25, 0.3) is 0 Å². The standard InChI is InChI=1S/C13H21N7O/c1-4-7-20-13(14-8-16-20)10(2)17-12(21)6-5-11-18-15-9-19(11)3/h8-10H,4-7H2,1-3H3,(H,17,21). The summed E-state index contributed by atoms with van der Waals surface area (Å²) in [6, 6.07) is -0.161. The van der Waals surface area contributed by atoms with Gasteiger partial charge in [0.25, 0.3) is 0 Å². The van der Waals surface area contributed by atoms with Gasteiger partial charge in [-0.05, 0) is 13.3 Å². The van der Waals surface area contributed by atoms with Gasteiger partial charge in [-0.3, -0.25) is 4.79 Å². The lowest BCUT2D eigenvalue weighted by Crippen LogP contribution is -2.29. The zero-order chi connectivity index (χ0) is 15.2. The van der Waals surface area contributed by atoms with Crippen molar-refractivity contribution in [3.05, 3.63) is 24.3 Å². The Morgan fingerprint density at radius 1 is 1.48 bits per heavy atom. The molecule has 8 heteroatoms. The van der Waals surface area contributed by atoms with E-state index < -0.39 is 0 Å². The molecule has 2 rings (SSSR count). The average Bonchev–Trinajstić information content (AvgIpc) is 3.06. The number of nitrogens with one attached hydrogen (secondary N) is 1. The minimum Gasteiger partial charge on any atom is -0.346 e. The van der Waals surface area contributed by atoms with Gasteiger partial charge in [0, 0.05) is 26.4 Å². The van der Waals surface area contributed by atoms with Gasteiger partial charge < -0.3 is 9.88 Å². The summed E-state index contributed by atoms with van der Waals surface area (Å²) in [4.78, 5) is 16.2. The molecule has 0 bridgehead atoms. The van der Waals surface area contributed by atoms with Crippen LogP contribution in [-0.2, 0) is 24.8 Å². The number of hydrogen-bond donors (Lipinski definition) is 1. The number of carbonyl (C=O) groups excluding carboxylic acids is 1. The Labute approximate surface area is 123 Å². The Morgan fingerprint density at radius 2 is 2.29 bits per heavy atom. The van der Waals surface area contributed by atoms with Gasteiger partial charge in [0.15, 0.2) is 0 Å². The molecule has 114 valence electrons. The molecule has 2 aromatic heterocycles. The molecular weight excluding hydrogens is 270 g/mol. The lowest BCUT2D eigenvalue weighted by molar-refractivity contribution is -0.121. The molecule has 2 heterocycles. The molecular formula is C13H21N7O. The van der Waals surface area contributed by atoms with Gasteiger partial charge in [-0.2, -0.15) is 5.10 Å². The highest BCUT2D eigenvalue weighted by atomic mass is 16.1. The van der Waals surface area contributed by atoms with Crippen molar-refractivity contribution < 1.29 is 4.79 Å². The first-order valence-corrected chi connectivity index (χ1v) is 7.11. The highest BCUT2D eigenvalue weighted by Crippen LogP contribution is 2.09. The number of hydrogen-bond acceptors (Lipinski definition) is 5. The average molecular weight is 291 g/mol. The Kier molecular flexibility index (Phi) is 5.02. The number of aryl methyl sites for hydroxylation is 3. The van der Waals surface area contributed by atoms with Crippen LogP contribution in [0.4, 0.5) is 0 Å². The van der Waals surface area contributed by atoms with Crippen molar-refractivity contribution in [1.82, 2.24) is 34.8 Å². The molecule has 0 spiro atoms. The topological polar surface area (TPSA) is 90.5 Å². The predicted octanol–water partition coefficient (Wildman–Crippen LogP) is 0.627. The van der Waals surface area contributed by atoms with E-state index in [1.807, 2.05) is 23.2 Å². The van der Waals surface area contributed by atoms with Gasteiger partial charge in [0.1, 0.15) is 24.3 Å². The van der Waals surface area contributed by atoms with Gasteiger partial charge in [-0.25, -0.2) is 9.67 Å². The van der Waals surface area contributed by atoms with E-state index in [2.05, 4.69) is 32.5 Å². The van der Waals surface area contributed by atoms with E-state index >= 15 is 0 Å². The lowest BCUT2D eigenvalue weighted by Gasteiger charge is -2.14. The van der Waals surface area contributed by atoms with E-state index in [4.69, 9.17) is 0 Å². The van der Waals surface area contributed by atoms with Gasteiger partial charge in [-0.15, -0.1) is 10.2 Å². The summed E-state index contributed by atoms with van der Waals surface area (Å²) in [7, 11) is 1.86. The van der Waals surface area contributed by atoms with Gasteiger partial charge >= 0.3 is 0 Å². The normalized spacial score (nSPS) is 12.3. The first kappa shape index (κ1) is 15.1. The molecule has 0 radical (unpaired) electrons. The predicted molar refractivity (Wildman–Crippen MR) is 76.2 cm³/mol. The van der Waals surface area contributed by atoms with Crippen molar-refractivity contribution in [2.75, 3.05) is 0 Å². The van der Waals surface area contributed by atoms with Crippen LogP contribution < -0.4 is 5.32 Å². The molecule has 2 aromatic rings. The lowest BCUT2D eigenvalue weighted by atomic mass is 10.2. The van der Waals surface area contributed by atoms with Crippen LogP contribution >= 0.6 is 0 Å². The van der Waals surface area contributed by atoms with E-state index in [0.717, 1.165) is 24.6 Å². The third-order valence-corrected chi connectivity index (χ3v) is 3.23. The fourth-order valence-corrected chi connectivity index (χ4v) is 2.13. The van der Waals surface area contributed by atoms with Crippen LogP contribution in [0.1, 0.15) is 44.4 Å². The quantitative estimate of drug-likeness (QED) is 0.808. The minimum atomic E-state index is -0.161. The number of aromatic nitrogens is 6. The summed E-state index contributed by atoms with van der Waals surface area (Å²) in [5.41, 5.74) is 0. The van der Waals surface area contributed by atoms with E-state index in [1.54, 1.807) is 6.33 Å². The zero-order valence-corrected chi connectivity index (χ0v) is 12.7. The molecule has 1 N–H and O–H groups in total. The maximum atomic E-state index is 12.0. The van der Waals surface area contributed by atoms with Gasteiger partial charge in [0.2, 0.25) is 5.91 Å². The zero-order valence-electron chi connectivity index (χ0n) is 12.7. The van der Waals surface area contributed by atoms with Crippen LogP contribution in [0, 0.1) is 0 Å². The number of amides is 1. The second-order valence-electron chi connectivity index (χ2n) is 4.99. The molecule has 0 saturated heterocycles. The fourth-order valence-electron chi connectivity index (χ4n) is 2.13. The number of carbonyl (C=O) groups is 1. The summed E-state index contributed by atoms with van der Waals surface area (Å²) in [5, 5.41) is 14.9. The highest BCUT2D eigenvalue weighted by Gasteiger charge is 2.15. The molecule has 1 atom stereocenters. The molecule has 0 aliphatic carbocycles. The molecule has 0 aliphatic rings. The van der Waals surface area contributed by atoms with Crippen molar-refractivity contribution in [3.8, 4) is 0 Å². The van der Waals surface area contributed by atoms with Crippen LogP contribution in [0.5, 0.6) is 0 Å². The Balaban J connectivity index is 1.87. The van der Waals surface area contributed by atoms with Gasteiger partial charge in [-0.1, -0.05) is 6.92 Å². The minimum absolute atomic E-state index is 0.0310. The smallest absolute Gasteiger partial charge is 0.221 e. The number of rotatable bonds is 7. The second-order valence-corrected chi connectivity index (χ2v) is 4.99. The molecule has 1 amide bonds. The molecule has 1 unspecified atom stereocenters. The summed E-state index contributed by atoms with van der Waals surface area (Å²) < 4.78 is 3.64. The highest BCUT2D eigenvalue weighted by molar-refractivity contribution is 5.76. The molecule has 0 aromatic carbocycles. The van der Waals surface area contributed by atoms with Crippen molar-refractivity contribution in [2.45, 2.75) is 45.7 Å². The first-order valence-electron chi connectivity index (χ1n) is 7.11. The largest absolute Gasteiger partial charge is 0.346 e. The second kappa shape index (κ2) is 6.96. The molecule has 0 aliphatic heterocycles. The van der Waals surface area contributed by atoms with Crippen molar-refractivity contribution >= 4 is 5.91 Å². The van der Waals surface area contributed by atoms with E-state index in [1.165, 1.54) is 6.33 Å². The SMILES string of the molecule is CCCn1ncnc1C(C)NC(=O)CCc1nncn1C. The Hall–Kier alpha value is -2.25. The van der Waals surface area contributed by atoms with E-state index in [9.17, 15) is 4.79 Å². The van der Waals surface area contributed by atoms with Crippen LogP contribution in [0.2, 0.25) is 0 Å². The molecule has 8 nitrogen and oxygen atoms in total. The summed E-state index contributed by atoms with van der Waals surface area (Å²) >= 11 is 0. The van der Waals surface area contributed by atoms with Gasteiger partial charge in [0.05, 0.1) is 6.04 Å². The van der Waals surface area contributed by atoms with Crippen molar-refractivity contribution in [2.24, 2.45) is 7.05 Å².